The fraction of sp³-hybridized carbons (Fsp3) is 0.182. The summed E-state index contributed by atoms with van der Waals surface area (Å²) in [6.45, 7) is 0.899. The van der Waals surface area contributed by atoms with Crippen LogP contribution in [0.3, 0.4) is 0 Å². The van der Waals surface area contributed by atoms with E-state index < -0.39 is 30.0 Å². The summed E-state index contributed by atoms with van der Waals surface area (Å²) in [6, 6.07) is 17.6. The lowest BCUT2D eigenvalue weighted by Crippen LogP contribution is -2.41. The second-order valence-corrected chi connectivity index (χ2v) is 6.96. The third-order valence-electron chi connectivity index (χ3n) is 4.88. The van der Waals surface area contributed by atoms with Crippen LogP contribution in [0.2, 0.25) is 0 Å². The van der Waals surface area contributed by atoms with E-state index in [9.17, 15) is 14.4 Å². The summed E-state index contributed by atoms with van der Waals surface area (Å²) in [6.07, 6.45) is 1.54. The highest BCUT2D eigenvalue weighted by Crippen LogP contribution is 2.28. The molecule has 1 atom stereocenters. The Kier molecular flexibility index (Phi) is 5.05. The summed E-state index contributed by atoms with van der Waals surface area (Å²) in [7, 11) is 0. The normalized spacial score (nSPS) is 18.4. The molecular weight excluding hydrogens is 386 g/mol. The number of imide groups is 1. The lowest BCUT2D eigenvalue weighted by atomic mass is 9.92. The highest BCUT2D eigenvalue weighted by atomic mass is 16.5. The summed E-state index contributed by atoms with van der Waals surface area (Å²) < 4.78 is 10.7. The predicted molar refractivity (Wildman–Crippen MR) is 106 cm³/mol. The second-order valence-electron chi connectivity index (χ2n) is 6.96. The number of urea groups is 1. The van der Waals surface area contributed by atoms with Crippen molar-refractivity contribution in [3.8, 4) is 11.3 Å². The number of benzene rings is 2. The molecule has 1 aliphatic heterocycles. The molecular formula is C22H19N3O5. The van der Waals surface area contributed by atoms with Crippen LogP contribution in [-0.4, -0.2) is 34.3 Å². The average molecular weight is 405 g/mol. The van der Waals surface area contributed by atoms with Gasteiger partial charge in [0.05, 0.1) is 6.20 Å². The monoisotopic (exact) mass is 405 g/mol. The van der Waals surface area contributed by atoms with Crippen molar-refractivity contribution in [2.24, 2.45) is 0 Å². The molecule has 0 radical (unpaired) electrons. The topological polar surface area (TPSA) is 102 Å². The van der Waals surface area contributed by atoms with Gasteiger partial charge in [-0.25, -0.2) is 9.78 Å². The zero-order valence-corrected chi connectivity index (χ0v) is 16.2. The fourth-order valence-corrected chi connectivity index (χ4v) is 3.24. The Labute approximate surface area is 172 Å². The first-order chi connectivity index (χ1) is 14.5. The zero-order valence-electron chi connectivity index (χ0n) is 16.2. The molecule has 0 aliphatic carbocycles. The molecule has 1 N–H and O–H groups in total. The van der Waals surface area contributed by atoms with Crippen LogP contribution in [0.5, 0.6) is 0 Å². The third kappa shape index (κ3) is 3.67. The Morgan fingerprint density at radius 1 is 1.10 bits per heavy atom. The van der Waals surface area contributed by atoms with Crippen molar-refractivity contribution >= 4 is 17.9 Å². The number of carbonyl (C=O) groups excluding carboxylic acids is 3. The van der Waals surface area contributed by atoms with E-state index in [1.165, 1.54) is 0 Å². The van der Waals surface area contributed by atoms with Crippen molar-refractivity contribution in [1.82, 2.24) is 15.2 Å². The van der Waals surface area contributed by atoms with E-state index in [1.54, 1.807) is 37.4 Å². The molecule has 3 amide bonds. The molecule has 0 unspecified atom stereocenters. The van der Waals surface area contributed by atoms with E-state index in [2.05, 4.69) is 10.3 Å². The largest absolute Gasteiger partial charge is 0.454 e. The van der Waals surface area contributed by atoms with Crippen molar-refractivity contribution in [3.63, 3.8) is 0 Å². The van der Waals surface area contributed by atoms with E-state index >= 15 is 0 Å². The standard InChI is InChI=1S/C22H19N3O5/c1-22(16-10-6-3-7-11-16)20(27)25(21(28)24-22)13-19(26)29-14-18-23-12-17(30-18)15-8-4-2-5-9-15/h2-12H,13-14H2,1H3,(H,24,28)/t22-/m1/s1. The third-order valence-corrected chi connectivity index (χ3v) is 4.88. The van der Waals surface area contributed by atoms with Crippen molar-refractivity contribution in [3.05, 3.63) is 78.3 Å². The number of nitrogens with zero attached hydrogens (tertiary/aromatic N) is 2. The highest BCUT2D eigenvalue weighted by molar-refractivity contribution is 6.08. The molecule has 0 saturated carbocycles. The second kappa shape index (κ2) is 7.82. The summed E-state index contributed by atoms with van der Waals surface area (Å²) in [5, 5.41) is 2.65. The van der Waals surface area contributed by atoms with Crippen LogP contribution >= 0.6 is 0 Å². The van der Waals surface area contributed by atoms with Gasteiger partial charge in [-0.1, -0.05) is 60.7 Å². The van der Waals surface area contributed by atoms with Crippen molar-refractivity contribution in [2.75, 3.05) is 6.54 Å². The molecule has 2 aromatic carbocycles. The number of carbonyl (C=O) groups is 3. The Morgan fingerprint density at radius 3 is 2.47 bits per heavy atom. The summed E-state index contributed by atoms with van der Waals surface area (Å²) >= 11 is 0. The molecule has 1 aliphatic rings. The van der Waals surface area contributed by atoms with Gasteiger partial charge in [-0.3, -0.25) is 14.5 Å². The lowest BCUT2D eigenvalue weighted by molar-refractivity contribution is -0.149. The number of aromatic nitrogens is 1. The molecule has 4 rings (SSSR count). The van der Waals surface area contributed by atoms with Crippen LogP contribution in [0.15, 0.2) is 71.3 Å². The minimum Gasteiger partial charge on any atom is -0.454 e. The van der Waals surface area contributed by atoms with Gasteiger partial charge in [-0.15, -0.1) is 0 Å². The molecule has 1 fully saturated rings. The van der Waals surface area contributed by atoms with Gasteiger partial charge in [0.2, 0.25) is 5.89 Å². The molecule has 1 saturated heterocycles. The first-order valence-corrected chi connectivity index (χ1v) is 9.33. The van der Waals surface area contributed by atoms with E-state index in [1.807, 2.05) is 36.4 Å². The Morgan fingerprint density at radius 2 is 1.77 bits per heavy atom. The highest BCUT2D eigenvalue weighted by Gasteiger charge is 2.49. The number of esters is 1. The molecule has 3 aromatic rings. The van der Waals surface area contributed by atoms with E-state index in [-0.39, 0.29) is 12.5 Å². The summed E-state index contributed by atoms with van der Waals surface area (Å²) in [4.78, 5) is 42.3. The van der Waals surface area contributed by atoms with E-state index in [0.29, 0.717) is 11.3 Å². The first-order valence-electron chi connectivity index (χ1n) is 9.33. The maximum absolute atomic E-state index is 12.8. The minimum atomic E-state index is -1.23. The van der Waals surface area contributed by atoms with Gasteiger partial charge in [0.1, 0.15) is 12.1 Å². The average Bonchev–Trinajstić information content (AvgIpc) is 3.33. The van der Waals surface area contributed by atoms with Gasteiger partial charge in [0.15, 0.2) is 12.4 Å². The zero-order chi connectivity index (χ0) is 21.1. The van der Waals surface area contributed by atoms with Crippen LogP contribution in [0.4, 0.5) is 4.79 Å². The number of rotatable bonds is 6. The fourth-order valence-electron chi connectivity index (χ4n) is 3.24. The van der Waals surface area contributed by atoms with Crippen molar-refractivity contribution in [2.45, 2.75) is 19.1 Å². The Balaban J connectivity index is 1.37. The van der Waals surface area contributed by atoms with Crippen LogP contribution in [0.25, 0.3) is 11.3 Å². The SMILES string of the molecule is C[C@]1(c2ccccc2)NC(=O)N(CC(=O)OCc2ncc(-c3ccccc3)o2)C1=O. The van der Waals surface area contributed by atoms with Crippen molar-refractivity contribution in [1.29, 1.82) is 0 Å². The quantitative estimate of drug-likeness (QED) is 0.500. The Bertz CT molecular complexity index is 1080. The number of oxazole rings is 1. The van der Waals surface area contributed by atoms with Gasteiger partial charge in [-0.05, 0) is 12.5 Å². The lowest BCUT2D eigenvalue weighted by Gasteiger charge is -2.21. The summed E-state index contributed by atoms with van der Waals surface area (Å²) in [5.74, 6) is -0.490. The number of amides is 3. The molecule has 0 spiro atoms. The van der Waals surface area contributed by atoms with Gasteiger partial charge < -0.3 is 14.5 Å². The first kappa shape index (κ1) is 19.4. The van der Waals surface area contributed by atoms with Crippen LogP contribution in [-0.2, 0) is 26.5 Å². The molecule has 30 heavy (non-hydrogen) atoms. The number of ether oxygens (including phenoxy) is 1. The number of nitrogens with one attached hydrogen (secondary N) is 1. The van der Waals surface area contributed by atoms with Gasteiger partial charge in [-0.2, -0.15) is 0 Å². The van der Waals surface area contributed by atoms with E-state index in [4.69, 9.17) is 9.15 Å². The van der Waals surface area contributed by atoms with Gasteiger partial charge in [0, 0.05) is 5.56 Å². The predicted octanol–water partition coefficient (Wildman–Crippen LogP) is 2.85. The Hall–Kier alpha value is -3.94. The van der Waals surface area contributed by atoms with Gasteiger partial charge in [0.25, 0.3) is 5.91 Å². The van der Waals surface area contributed by atoms with Crippen LogP contribution in [0.1, 0.15) is 18.4 Å². The molecule has 1 aromatic heterocycles. The van der Waals surface area contributed by atoms with Crippen LogP contribution < -0.4 is 5.32 Å². The molecule has 152 valence electrons. The maximum Gasteiger partial charge on any atom is 0.326 e. The minimum absolute atomic E-state index is 0.203. The van der Waals surface area contributed by atoms with Crippen molar-refractivity contribution < 1.29 is 23.5 Å². The molecule has 0 bridgehead atoms. The molecule has 8 nitrogen and oxygen atoms in total. The van der Waals surface area contributed by atoms with Crippen LogP contribution in [0, 0.1) is 0 Å². The molecule has 2 heterocycles. The number of hydrogen-bond donors (Lipinski definition) is 1. The summed E-state index contributed by atoms with van der Waals surface area (Å²) in [5.41, 5.74) is 0.251. The number of hydrogen-bond acceptors (Lipinski definition) is 6. The van der Waals surface area contributed by atoms with E-state index in [0.717, 1.165) is 10.5 Å². The molecule has 8 heteroatoms. The maximum atomic E-state index is 12.8. The smallest absolute Gasteiger partial charge is 0.326 e. The van der Waals surface area contributed by atoms with Gasteiger partial charge >= 0.3 is 12.0 Å².